The van der Waals surface area contributed by atoms with E-state index < -0.39 is 0 Å². The Balaban J connectivity index is 2.13. The molecule has 1 N–H and O–H groups in total. The predicted molar refractivity (Wildman–Crippen MR) is 86.6 cm³/mol. The first kappa shape index (κ1) is 16.8. The van der Waals surface area contributed by atoms with Gasteiger partial charge in [-0.25, -0.2) is 0 Å². The molecule has 0 saturated carbocycles. The van der Waals surface area contributed by atoms with E-state index in [-0.39, 0.29) is 0 Å². The fraction of sp³-hybridized carbons (Fsp3) is 0.889. The van der Waals surface area contributed by atoms with E-state index in [1.807, 2.05) is 0 Å². The molecule has 1 aliphatic carbocycles. The monoisotopic (exact) mass is 265 g/mol. The standard InChI is InChI=1S/C18H35N/c1-3-5-6-7-8-9-13-16-18(19-4-2)17-14-11-10-12-15-17/h14,18-19H,3-13,15-16H2,1-2H3. The number of allylic oxidation sites excluding steroid dienone is 1. The molecule has 19 heavy (non-hydrogen) atoms. The van der Waals surface area contributed by atoms with Gasteiger partial charge in [0.15, 0.2) is 0 Å². The van der Waals surface area contributed by atoms with E-state index in [1.54, 1.807) is 5.57 Å². The molecule has 1 rings (SSSR count). The molecule has 1 unspecified atom stereocenters. The van der Waals surface area contributed by atoms with E-state index in [1.165, 1.54) is 77.0 Å². The van der Waals surface area contributed by atoms with Crippen LogP contribution in [0.25, 0.3) is 0 Å². The highest BCUT2D eigenvalue weighted by Crippen LogP contribution is 2.23. The highest BCUT2D eigenvalue weighted by molar-refractivity contribution is 5.13. The average molecular weight is 265 g/mol. The van der Waals surface area contributed by atoms with Crippen molar-refractivity contribution in [3.8, 4) is 0 Å². The van der Waals surface area contributed by atoms with E-state index in [4.69, 9.17) is 0 Å². The lowest BCUT2D eigenvalue weighted by Gasteiger charge is -2.24. The lowest BCUT2D eigenvalue weighted by atomic mass is 9.91. The van der Waals surface area contributed by atoms with Crippen LogP contribution in [0.2, 0.25) is 0 Å². The van der Waals surface area contributed by atoms with E-state index in [0.717, 1.165) is 6.54 Å². The van der Waals surface area contributed by atoms with Crippen LogP contribution in [0.3, 0.4) is 0 Å². The van der Waals surface area contributed by atoms with Gasteiger partial charge in [0.2, 0.25) is 0 Å². The Morgan fingerprint density at radius 1 is 1.00 bits per heavy atom. The third kappa shape index (κ3) is 7.77. The van der Waals surface area contributed by atoms with Crippen LogP contribution in [-0.4, -0.2) is 12.6 Å². The van der Waals surface area contributed by atoms with Crippen molar-refractivity contribution in [1.82, 2.24) is 5.32 Å². The molecule has 0 radical (unpaired) electrons. The summed E-state index contributed by atoms with van der Waals surface area (Å²) in [5.74, 6) is 0. The molecule has 1 heteroatoms. The van der Waals surface area contributed by atoms with E-state index in [9.17, 15) is 0 Å². The van der Waals surface area contributed by atoms with Crippen LogP contribution >= 0.6 is 0 Å². The maximum absolute atomic E-state index is 3.70. The van der Waals surface area contributed by atoms with Gasteiger partial charge in [-0.3, -0.25) is 0 Å². The van der Waals surface area contributed by atoms with Gasteiger partial charge in [-0.05, 0) is 38.6 Å². The van der Waals surface area contributed by atoms with Crippen molar-refractivity contribution in [2.75, 3.05) is 6.54 Å². The van der Waals surface area contributed by atoms with Crippen molar-refractivity contribution < 1.29 is 0 Å². The van der Waals surface area contributed by atoms with Crippen LogP contribution in [0, 0.1) is 0 Å². The van der Waals surface area contributed by atoms with E-state index in [0.29, 0.717) is 6.04 Å². The van der Waals surface area contributed by atoms with Crippen LogP contribution in [0.4, 0.5) is 0 Å². The normalized spacial score (nSPS) is 17.3. The summed E-state index contributed by atoms with van der Waals surface area (Å²) in [4.78, 5) is 0. The highest BCUT2D eigenvalue weighted by Gasteiger charge is 2.14. The lowest BCUT2D eigenvalue weighted by molar-refractivity contribution is 0.481. The van der Waals surface area contributed by atoms with Crippen molar-refractivity contribution in [1.29, 1.82) is 0 Å². The number of hydrogen-bond acceptors (Lipinski definition) is 1. The number of rotatable bonds is 11. The molecule has 0 saturated heterocycles. The second-order valence-corrected chi connectivity index (χ2v) is 6.05. The Morgan fingerprint density at radius 3 is 2.37 bits per heavy atom. The summed E-state index contributed by atoms with van der Waals surface area (Å²) in [6, 6.07) is 0.681. The first-order valence-corrected chi connectivity index (χ1v) is 8.80. The van der Waals surface area contributed by atoms with Gasteiger partial charge in [0.25, 0.3) is 0 Å². The zero-order valence-corrected chi connectivity index (χ0v) is 13.3. The number of likely N-dealkylation sites (N-methyl/N-ethyl adjacent to an activating group) is 1. The molecule has 0 aromatic rings. The molecule has 0 aromatic heterocycles. The highest BCUT2D eigenvalue weighted by atomic mass is 14.9. The van der Waals surface area contributed by atoms with Crippen molar-refractivity contribution >= 4 is 0 Å². The second kappa shape index (κ2) is 11.5. The molecule has 0 spiro atoms. The van der Waals surface area contributed by atoms with Crippen molar-refractivity contribution in [2.24, 2.45) is 0 Å². The zero-order chi connectivity index (χ0) is 13.8. The summed E-state index contributed by atoms with van der Waals surface area (Å²) >= 11 is 0. The predicted octanol–water partition coefficient (Wildman–Crippen LogP) is 5.61. The third-order valence-corrected chi connectivity index (χ3v) is 4.32. The van der Waals surface area contributed by atoms with Gasteiger partial charge in [0.05, 0.1) is 0 Å². The molecule has 1 atom stereocenters. The molecule has 112 valence electrons. The van der Waals surface area contributed by atoms with E-state index in [2.05, 4.69) is 25.2 Å². The first-order chi connectivity index (χ1) is 9.38. The SMILES string of the molecule is CCCCCCCCCC(NCC)C1=CCCCC1. The molecular weight excluding hydrogens is 230 g/mol. The van der Waals surface area contributed by atoms with Crippen molar-refractivity contribution in [3.63, 3.8) is 0 Å². The summed E-state index contributed by atoms with van der Waals surface area (Å²) in [7, 11) is 0. The van der Waals surface area contributed by atoms with Gasteiger partial charge in [-0.15, -0.1) is 0 Å². The Labute approximate surface area is 121 Å². The number of unbranched alkanes of at least 4 members (excludes halogenated alkanes) is 6. The second-order valence-electron chi connectivity index (χ2n) is 6.05. The fourth-order valence-corrected chi connectivity index (χ4v) is 3.15. The van der Waals surface area contributed by atoms with Crippen LogP contribution in [-0.2, 0) is 0 Å². The number of nitrogens with one attached hydrogen (secondary N) is 1. The Morgan fingerprint density at radius 2 is 1.74 bits per heavy atom. The molecular formula is C18H35N. The van der Waals surface area contributed by atoms with Crippen LogP contribution in [0.1, 0.15) is 90.9 Å². The summed E-state index contributed by atoms with van der Waals surface area (Å²) in [5, 5.41) is 3.70. The maximum atomic E-state index is 3.70. The lowest BCUT2D eigenvalue weighted by Crippen LogP contribution is -2.31. The van der Waals surface area contributed by atoms with Crippen molar-refractivity contribution in [3.05, 3.63) is 11.6 Å². The quantitative estimate of drug-likeness (QED) is 0.378. The number of hydrogen-bond donors (Lipinski definition) is 1. The molecule has 0 fully saturated rings. The Kier molecular flexibility index (Phi) is 10.2. The largest absolute Gasteiger partial charge is 0.311 e. The minimum Gasteiger partial charge on any atom is -0.311 e. The Hall–Kier alpha value is -0.300. The van der Waals surface area contributed by atoms with Crippen molar-refractivity contribution in [2.45, 2.75) is 96.9 Å². The molecule has 0 bridgehead atoms. The smallest absolute Gasteiger partial charge is 0.0279 e. The van der Waals surface area contributed by atoms with Gasteiger partial charge >= 0.3 is 0 Å². The van der Waals surface area contributed by atoms with Gasteiger partial charge in [0, 0.05) is 6.04 Å². The van der Waals surface area contributed by atoms with Crippen LogP contribution in [0.5, 0.6) is 0 Å². The molecule has 0 aliphatic heterocycles. The topological polar surface area (TPSA) is 12.0 Å². The summed E-state index contributed by atoms with van der Waals surface area (Å²) in [6.07, 6.45) is 19.3. The molecule has 1 aliphatic rings. The van der Waals surface area contributed by atoms with Gasteiger partial charge in [-0.1, -0.05) is 70.4 Å². The fourth-order valence-electron chi connectivity index (χ4n) is 3.15. The first-order valence-electron chi connectivity index (χ1n) is 8.80. The molecule has 0 heterocycles. The Bertz CT molecular complexity index is 232. The van der Waals surface area contributed by atoms with Gasteiger partial charge in [0.1, 0.15) is 0 Å². The third-order valence-electron chi connectivity index (χ3n) is 4.32. The molecule has 0 aromatic carbocycles. The summed E-state index contributed by atoms with van der Waals surface area (Å²) < 4.78 is 0. The average Bonchev–Trinajstić information content (AvgIpc) is 2.46. The van der Waals surface area contributed by atoms with Gasteiger partial charge < -0.3 is 5.32 Å². The van der Waals surface area contributed by atoms with E-state index >= 15 is 0 Å². The summed E-state index contributed by atoms with van der Waals surface area (Å²) in [5.41, 5.74) is 1.71. The minimum absolute atomic E-state index is 0.681. The minimum atomic E-state index is 0.681. The summed E-state index contributed by atoms with van der Waals surface area (Å²) in [6.45, 7) is 5.64. The molecule has 1 nitrogen and oxygen atoms in total. The van der Waals surface area contributed by atoms with Crippen LogP contribution in [0.15, 0.2) is 11.6 Å². The molecule has 0 amide bonds. The van der Waals surface area contributed by atoms with Crippen LogP contribution < -0.4 is 5.32 Å². The maximum Gasteiger partial charge on any atom is 0.0279 e. The zero-order valence-electron chi connectivity index (χ0n) is 13.3. The van der Waals surface area contributed by atoms with Gasteiger partial charge in [-0.2, -0.15) is 0 Å².